The standard InChI is InChI=1S/C20H28N2O3/c1-15-8-6-9-16(12-15)18(24-14-21-5)17-10-7-11-22(13-17)19(23)25-20(2,3)4/h6,8-9,12,17-18H,7,10-11,13-14H2,1-4H3/t17-,18+/m1/s1. The molecule has 1 amide bonds. The predicted octanol–water partition coefficient (Wildman–Crippen LogP) is 4.58. The molecule has 1 heterocycles. The molecule has 0 aromatic heterocycles. The summed E-state index contributed by atoms with van der Waals surface area (Å²) in [5.41, 5.74) is 1.73. The van der Waals surface area contributed by atoms with Gasteiger partial charge < -0.3 is 14.4 Å². The number of piperidine rings is 1. The average Bonchev–Trinajstić information content (AvgIpc) is 2.54. The zero-order valence-electron chi connectivity index (χ0n) is 15.6. The van der Waals surface area contributed by atoms with Crippen LogP contribution in [0.4, 0.5) is 4.79 Å². The summed E-state index contributed by atoms with van der Waals surface area (Å²) in [5.74, 6) is 0.157. The topological polar surface area (TPSA) is 43.1 Å². The number of rotatable bonds is 4. The molecule has 1 aromatic carbocycles. The van der Waals surface area contributed by atoms with Crippen LogP contribution < -0.4 is 0 Å². The third kappa shape index (κ3) is 5.75. The van der Waals surface area contributed by atoms with E-state index in [0.717, 1.165) is 24.0 Å². The Balaban J connectivity index is 2.14. The van der Waals surface area contributed by atoms with Crippen molar-refractivity contribution in [3.8, 4) is 0 Å². The minimum Gasteiger partial charge on any atom is -0.444 e. The molecule has 2 rings (SSSR count). The third-order valence-corrected chi connectivity index (χ3v) is 4.23. The summed E-state index contributed by atoms with van der Waals surface area (Å²) in [6.45, 7) is 16.0. The van der Waals surface area contributed by atoms with Crippen molar-refractivity contribution in [1.82, 2.24) is 4.90 Å². The van der Waals surface area contributed by atoms with Gasteiger partial charge in [-0.05, 0) is 46.1 Å². The van der Waals surface area contributed by atoms with Crippen molar-refractivity contribution < 1.29 is 14.3 Å². The van der Waals surface area contributed by atoms with Crippen molar-refractivity contribution in [1.29, 1.82) is 0 Å². The minimum absolute atomic E-state index is 0.0293. The van der Waals surface area contributed by atoms with Crippen LogP contribution in [0.15, 0.2) is 24.3 Å². The van der Waals surface area contributed by atoms with Crippen molar-refractivity contribution in [3.05, 3.63) is 46.8 Å². The van der Waals surface area contributed by atoms with Crippen LogP contribution in [0.2, 0.25) is 0 Å². The van der Waals surface area contributed by atoms with E-state index in [1.165, 1.54) is 0 Å². The van der Waals surface area contributed by atoms with Crippen LogP contribution in [0.5, 0.6) is 0 Å². The number of benzene rings is 1. The fraction of sp³-hybridized carbons (Fsp3) is 0.600. The van der Waals surface area contributed by atoms with Crippen LogP contribution >= 0.6 is 0 Å². The lowest BCUT2D eigenvalue weighted by molar-refractivity contribution is -0.0179. The first-order valence-electron chi connectivity index (χ1n) is 8.79. The zero-order valence-corrected chi connectivity index (χ0v) is 15.6. The lowest BCUT2D eigenvalue weighted by Gasteiger charge is -2.37. The van der Waals surface area contributed by atoms with E-state index in [0.29, 0.717) is 13.1 Å². The molecule has 5 heteroatoms. The number of nitrogens with zero attached hydrogens (tertiary/aromatic N) is 2. The molecule has 0 radical (unpaired) electrons. The maximum Gasteiger partial charge on any atom is 0.410 e. The molecule has 5 nitrogen and oxygen atoms in total. The van der Waals surface area contributed by atoms with Gasteiger partial charge in [-0.2, -0.15) is 0 Å². The maximum atomic E-state index is 12.4. The molecule has 25 heavy (non-hydrogen) atoms. The molecule has 0 aliphatic carbocycles. The van der Waals surface area contributed by atoms with Crippen LogP contribution in [-0.4, -0.2) is 36.4 Å². The Morgan fingerprint density at radius 2 is 2.20 bits per heavy atom. The van der Waals surface area contributed by atoms with Gasteiger partial charge in [0.15, 0.2) is 0 Å². The van der Waals surface area contributed by atoms with Crippen LogP contribution in [0, 0.1) is 19.4 Å². The predicted molar refractivity (Wildman–Crippen MR) is 97.0 cm³/mol. The second-order valence-corrected chi connectivity index (χ2v) is 7.62. The summed E-state index contributed by atoms with van der Waals surface area (Å²) in [5, 5.41) is 0. The zero-order chi connectivity index (χ0) is 18.4. The van der Waals surface area contributed by atoms with E-state index < -0.39 is 5.60 Å². The smallest absolute Gasteiger partial charge is 0.410 e. The number of carbonyl (C=O) groups is 1. The van der Waals surface area contributed by atoms with Gasteiger partial charge in [0.05, 0.1) is 6.10 Å². The Bertz CT molecular complexity index is 631. The van der Waals surface area contributed by atoms with E-state index in [4.69, 9.17) is 16.0 Å². The van der Waals surface area contributed by atoms with Crippen molar-refractivity contribution >= 4 is 6.09 Å². The summed E-state index contributed by atoms with van der Waals surface area (Å²) >= 11 is 0. The van der Waals surface area contributed by atoms with Gasteiger partial charge in [-0.25, -0.2) is 11.4 Å². The molecule has 0 saturated carbocycles. The molecule has 136 valence electrons. The highest BCUT2D eigenvalue weighted by atomic mass is 16.6. The highest BCUT2D eigenvalue weighted by Gasteiger charge is 2.33. The molecule has 0 bridgehead atoms. The first-order valence-corrected chi connectivity index (χ1v) is 8.79. The summed E-state index contributed by atoms with van der Waals surface area (Å²) in [4.78, 5) is 17.5. The van der Waals surface area contributed by atoms with Gasteiger partial charge >= 0.3 is 12.8 Å². The van der Waals surface area contributed by atoms with Crippen molar-refractivity contribution in [2.75, 3.05) is 19.8 Å². The molecular formula is C20H28N2O3. The van der Waals surface area contributed by atoms with E-state index in [1.807, 2.05) is 45.9 Å². The van der Waals surface area contributed by atoms with Gasteiger partial charge in [-0.3, -0.25) is 4.85 Å². The first kappa shape index (κ1) is 19.3. The number of aryl methyl sites for hydroxylation is 1. The molecule has 1 aromatic rings. The third-order valence-electron chi connectivity index (χ3n) is 4.23. The van der Waals surface area contributed by atoms with Crippen LogP contribution in [0.25, 0.3) is 4.85 Å². The Morgan fingerprint density at radius 3 is 2.84 bits per heavy atom. The molecule has 2 atom stereocenters. The largest absolute Gasteiger partial charge is 0.444 e. The van der Waals surface area contributed by atoms with Crippen LogP contribution in [0.3, 0.4) is 0 Å². The number of carbonyl (C=O) groups excluding carboxylic acids is 1. The second-order valence-electron chi connectivity index (χ2n) is 7.62. The monoisotopic (exact) mass is 344 g/mol. The Hall–Kier alpha value is -2.06. The lowest BCUT2D eigenvalue weighted by atomic mass is 9.88. The highest BCUT2D eigenvalue weighted by molar-refractivity contribution is 5.68. The summed E-state index contributed by atoms with van der Waals surface area (Å²) in [6, 6.07) is 8.19. The molecule has 0 unspecified atom stereocenters. The van der Waals surface area contributed by atoms with Crippen molar-refractivity contribution in [2.24, 2.45) is 5.92 Å². The molecule has 1 aliphatic rings. The fourth-order valence-corrected chi connectivity index (χ4v) is 3.22. The van der Waals surface area contributed by atoms with Gasteiger partial charge in [0.25, 0.3) is 0 Å². The summed E-state index contributed by atoms with van der Waals surface area (Å²) in [6.07, 6.45) is 1.42. The SMILES string of the molecule is [C-]#[N+]CO[C@@H](c1cccc(C)c1)[C@@H]1CCCN(C(=O)OC(C)(C)C)C1. The van der Waals surface area contributed by atoms with E-state index in [2.05, 4.69) is 10.9 Å². The molecule has 1 saturated heterocycles. The number of amides is 1. The van der Waals surface area contributed by atoms with Crippen molar-refractivity contribution in [3.63, 3.8) is 0 Å². The number of hydrogen-bond acceptors (Lipinski definition) is 3. The number of ether oxygens (including phenoxy) is 2. The normalized spacial score (nSPS) is 19.2. The van der Waals surface area contributed by atoms with Gasteiger partial charge in [-0.1, -0.05) is 29.8 Å². The molecule has 1 fully saturated rings. The minimum atomic E-state index is -0.499. The van der Waals surface area contributed by atoms with Gasteiger partial charge in [-0.15, -0.1) is 0 Å². The van der Waals surface area contributed by atoms with Gasteiger partial charge in [0.2, 0.25) is 0 Å². The number of hydrogen-bond donors (Lipinski definition) is 0. The van der Waals surface area contributed by atoms with Crippen LogP contribution in [-0.2, 0) is 9.47 Å². The molecule has 0 spiro atoms. The molecular weight excluding hydrogens is 316 g/mol. The Kier molecular flexibility index (Phi) is 6.44. The Labute approximate surface area is 150 Å². The molecule has 0 N–H and O–H groups in total. The number of likely N-dealkylation sites (tertiary alicyclic amines) is 1. The average molecular weight is 344 g/mol. The van der Waals surface area contributed by atoms with E-state index in [-0.39, 0.29) is 24.8 Å². The lowest BCUT2D eigenvalue weighted by Crippen LogP contribution is -2.44. The second kappa shape index (κ2) is 8.35. The summed E-state index contributed by atoms with van der Waals surface area (Å²) in [7, 11) is 0. The van der Waals surface area contributed by atoms with Crippen LogP contribution in [0.1, 0.15) is 50.8 Å². The first-order chi connectivity index (χ1) is 11.8. The Morgan fingerprint density at radius 1 is 1.44 bits per heavy atom. The van der Waals surface area contributed by atoms with E-state index >= 15 is 0 Å². The quantitative estimate of drug-likeness (QED) is 0.751. The maximum absolute atomic E-state index is 12.4. The fourth-order valence-electron chi connectivity index (χ4n) is 3.22. The van der Waals surface area contributed by atoms with E-state index in [9.17, 15) is 4.79 Å². The highest BCUT2D eigenvalue weighted by Crippen LogP contribution is 2.33. The van der Waals surface area contributed by atoms with Gasteiger partial charge in [0, 0.05) is 19.0 Å². The van der Waals surface area contributed by atoms with Gasteiger partial charge in [0.1, 0.15) is 5.60 Å². The van der Waals surface area contributed by atoms with Crippen molar-refractivity contribution in [2.45, 2.75) is 52.2 Å². The summed E-state index contributed by atoms with van der Waals surface area (Å²) < 4.78 is 11.4. The molecule has 1 aliphatic heterocycles. The van der Waals surface area contributed by atoms with E-state index in [1.54, 1.807) is 4.90 Å².